The minimum Gasteiger partial charge on any atom is -0.497 e. The molecule has 7 nitrogen and oxygen atoms in total. The zero-order valence-corrected chi connectivity index (χ0v) is 18.0. The molecular weight excluding hydrogens is 397 g/mol. The lowest BCUT2D eigenvalue weighted by atomic mass is 10.1. The fourth-order valence-electron chi connectivity index (χ4n) is 3.68. The van der Waals surface area contributed by atoms with Gasteiger partial charge in [0.1, 0.15) is 11.6 Å². The molecule has 1 saturated heterocycles. The summed E-state index contributed by atoms with van der Waals surface area (Å²) < 4.78 is 18.4. The first-order valence-corrected chi connectivity index (χ1v) is 10.5. The first kappa shape index (κ1) is 22.6. The number of hydrogen-bond acceptors (Lipinski definition) is 4. The Labute approximate surface area is 182 Å². The van der Waals surface area contributed by atoms with Gasteiger partial charge in [0, 0.05) is 19.3 Å². The standard InChI is InChI=1S/C23H30FN5O2/c1-25-23(27-16-22(30)28-19-10-8-18(24)9-11-19)26-15-21(29-12-3-4-13-29)17-6-5-7-20(14-17)31-2/h5-11,14,21H,3-4,12-13,15-16H2,1-2H3,(H,28,30)(H2,25,26,27). The number of methoxy groups -OCH3 is 1. The number of halogens is 1. The van der Waals surface area contributed by atoms with Crippen molar-refractivity contribution in [2.75, 3.05) is 45.7 Å². The van der Waals surface area contributed by atoms with Gasteiger partial charge < -0.3 is 20.7 Å². The van der Waals surface area contributed by atoms with E-state index in [4.69, 9.17) is 4.74 Å². The molecule has 166 valence electrons. The van der Waals surface area contributed by atoms with Crippen molar-refractivity contribution in [3.63, 3.8) is 0 Å². The molecule has 0 aromatic heterocycles. The van der Waals surface area contributed by atoms with Gasteiger partial charge in [-0.2, -0.15) is 0 Å². The van der Waals surface area contributed by atoms with Crippen molar-refractivity contribution in [2.24, 2.45) is 4.99 Å². The highest BCUT2D eigenvalue weighted by atomic mass is 19.1. The fraction of sp³-hybridized carbons (Fsp3) is 0.391. The molecule has 0 saturated carbocycles. The van der Waals surface area contributed by atoms with Gasteiger partial charge in [0.05, 0.1) is 19.7 Å². The Balaban J connectivity index is 1.56. The second-order valence-corrected chi connectivity index (χ2v) is 7.40. The molecule has 1 aliphatic rings. The van der Waals surface area contributed by atoms with E-state index in [9.17, 15) is 9.18 Å². The highest BCUT2D eigenvalue weighted by Crippen LogP contribution is 2.27. The van der Waals surface area contributed by atoms with Crippen LogP contribution in [0.5, 0.6) is 5.75 Å². The molecule has 1 atom stereocenters. The Bertz CT molecular complexity index is 882. The number of anilines is 1. The number of rotatable bonds is 8. The first-order chi connectivity index (χ1) is 15.1. The van der Waals surface area contributed by atoms with Gasteiger partial charge in [0.2, 0.25) is 5.91 Å². The first-order valence-electron chi connectivity index (χ1n) is 10.5. The van der Waals surface area contributed by atoms with Gasteiger partial charge in [-0.1, -0.05) is 12.1 Å². The topological polar surface area (TPSA) is 78.0 Å². The van der Waals surface area contributed by atoms with Crippen molar-refractivity contribution >= 4 is 17.6 Å². The molecule has 3 N–H and O–H groups in total. The summed E-state index contributed by atoms with van der Waals surface area (Å²) in [5.41, 5.74) is 1.72. The third kappa shape index (κ3) is 6.68. The molecule has 1 amide bonds. The van der Waals surface area contributed by atoms with E-state index in [0.29, 0.717) is 18.2 Å². The van der Waals surface area contributed by atoms with E-state index >= 15 is 0 Å². The van der Waals surface area contributed by atoms with Crippen LogP contribution in [-0.4, -0.2) is 57.1 Å². The molecule has 1 heterocycles. The van der Waals surface area contributed by atoms with E-state index in [1.807, 2.05) is 12.1 Å². The molecule has 0 spiro atoms. The van der Waals surface area contributed by atoms with Gasteiger partial charge in [-0.3, -0.25) is 14.7 Å². The van der Waals surface area contributed by atoms with Gasteiger partial charge in [0.15, 0.2) is 5.96 Å². The predicted octanol–water partition coefficient (Wildman–Crippen LogP) is 2.77. The minimum absolute atomic E-state index is 0.0462. The maximum Gasteiger partial charge on any atom is 0.243 e. The largest absolute Gasteiger partial charge is 0.497 e. The third-order valence-corrected chi connectivity index (χ3v) is 5.29. The van der Waals surface area contributed by atoms with Gasteiger partial charge >= 0.3 is 0 Å². The maximum atomic E-state index is 13.0. The zero-order chi connectivity index (χ0) is 22.1. The summed E-state index contributed by atoms with van der Waals surface area (Å²) in [5.74, 6) is 0.797. The average Bonchev–Trinajstić information content (AvgIpc) is 3.32. The van der Waals surface area contributed by atoms with Crippen LogP contribution in [0.15, 0.2) is 53.5 Å². The summed E-state index contributed by atoms with van der Waals surface area (Å²) in [6, 6.07) is 14.0. The number of guanidine groups is 1. The number of hydrogen-bond donors (Lipinski definition) is 3. The quantitative estimate of drug-likeness (QED) is 0.446. The second kappa shape index (κ2) is 11.3. The smallest absolute Gasteiger partial charge is 0.243 e. The Morgan fingerprint density at radius 1 is 1.16 bits per heavy atom. The van der Waals surface area contributed by atoms with E-state index in [2.05, 4.69) is 38.0 Å². The van der Waals surface area contributed by atoms with Gasteiger partial charge in [-0.15, -0.1) is 0 Å². The second-order valence-electron chi connectivity index (χ2n) is 7.40. The van der Waals surface area contributed by atoms with Crippen molar-refractivity contribution in [1.29, 1.82) is 0 Å². The third-order valence-electron chi connectivity index (χ3n) is 5.29. The monoisotopic (exact) mass is 427 g/mol. The number of carbonyl (C=O) groups is 1. The normalized spacial score (nSPS) is 15.4. The molecule has 1 aliphatic heterocycles. The SMILES string of the molecule is CN=C(NCC(=O)Nc1ccc(F)cc1)NCC(c1cccc(OC)c1)N1CCCC1. The molecule has 2 aromatic rings. The summed E-state index contributed by atoms with van der Waals surface area (Å²) in [7, 11) is 3.34. The summed E-state index contributed by atoms with van der Waals surface area (Å²) >= 11 is 0. The summed E-state index contributed by atoms with van der Waals surface area (Å²) in [6.07, 6.45) is 2.38. The summed E-state index contributed by atoms with van der Waals surface area (Å²) in [5, 5.41) is 9.09. The minimum atomic E-state index is -0.343. The molecule has 0 radical (unpaired) electrons. The molecule has 0 aliphatic carbocycles. The van der Waals surface area contributed by atoms with Crippen LogP contribution in [0.4, 0.5) is 10.1 Å². The van der Waals surface area contributed by atoms with E-state index in [1.165, 1.54) is 42.7 Å². The molecule has 2 aromatic carbocycles. The van der Waals surface area contributed by atoms with Crippen LogP contribution >= 0.6 is 0 Å². The average molecular weight is 428 g/mol. The van der Waals surface area contributed by atoms with Gasteiger partial charge in [-0.05, 0) is 67.9 Å². The van der Waals surface area contributed by atoms with Crippen molar-refractivity contribution < 1.29 is 13.9 Å². The Morgan fingerprint density at radius 3 is 2.58 bits per heavy atom. The van der Waals surface area contributed by atoms with Gasteiger partial charge in [-0.25, -0.2) is 4.39 Å². The Morgan fingerprint density at radius 2 is 1.90 bits per heavy atom. The van der Waals surface area contributed by atoms with Crippen molar-refractivity contribution in [3.05, 3.63) is 59.9 Å². The van der Waals surface area contributed by atoms with E-state index in [0.717, 1.165) is 18.8 Å². The lowest BCUT2D eigenvalue weighted by Crippen LogP contribution is -2.44. The van der Waals surface area contributed by atoms with Crippen LogP contribution in [0.2, 0.25) is 0 Å². The molecule has 1 fully saturated rings. The number of nitrogens with one attached hydrogen (secondary N) is 3. The summed E-state index contributed by atoms with van der Waals surface area (Å²) in [4.78, 5) is 18.9. The number of likely N-dealkylation sites (tertiary alicyclic amines) is 1. The highest BCUT2D eigenvalue weighted by molar-refractivity contribution is 5.94. The molecule has 0 bridgehead atoms. The molecular formula is C23H30FN5O2. The van der Waals surface area contributed by atoms with Crippen LogP contribution < -0.4 is 20.7 Å². The zero-order valence-electron chi connectivity index (χ0n) is 18.0. The molecule has 3 rings (SSSR count). The van der Waals surface area contributed by atoms with Crippen molar-refractivity contribution in [3.8, 4) is 5.75 Å². The lowest BCUT2D eigenvalue weighted by molar-refractivity contribution is -0.115. The Hall–Kier alpha value is -3.13. The fourth-order valence-corrected chi connectivity index (χ4v) is 3.68. The van der Waals surface area contributed by atoms with Crippen LogP contribution in [0.3, 0.4) is 0 Å². The maximum absolute atomic E-state index is 13.0. The number of aliphatic imine (C=N–C) groups is 1. The summed E-state index contributed by atoms with van der Waals surface area (Å²) in [6.45, 7) is 2.79. The van der Waals surface area contributed by atoms with E-state index in [1.54, 1.807) is 14.2 Å². The number of carbonyl (C=O) groups excluding carboxylic acids is 1. The van der Waals surface area contributed by atoms with E-state index in [-0.39, 0.29) is 24.3 Å². The lowest BCUT2D eigenvalue weighted by Gasteiger charge is -2.29. The predicted molar refractivity (Wildman–Crippen MR) is 121 cm³/mol. The number of nitrogens with zero attached hydrogens (tertiary/aromatic N) is 2. The number of benzene rings is 2. The molecule has 8 heteroatoms. The van der Waals surface area contributed by atoms with Gasteiger partial charge in [0.25, 0.3) is 0 Å². The van der Waals surface area contributed by atoms with Crippen LogP contribution in [-0.2, 0) is 4.79 Å². The van der Waals surface area contributed by atoms with Crippen molar-refractivity contribution in [2.45, 2.75) is 18.9 Å². The van der Waals surface area contributed by atoms with E-state index < -0.39 is 0 Å². The van der Waals surface area contributed by atoms with Crippen LogP contribution in [0.1, 0.15) is 24.4 Å². The van der Waals surface area contributed by atoms with Crippen LogP contribution in [0.25, 0.3) is 0 Å². The number of ether oxygens (including phenoxy) is 1. The Kier molecular flexibility index (Phi) is 8.23. The molecule has 1 unspecified atom stereocenters. The molecule has 31 heavy (non-hydrogen) atoms. The number of amides is 1. The van der Waals surface area contributed by atoms with Crippen molar-refractivity contribution in [1.82, 2.24) is 15.5 Å². The highest BCUT2D eigenvalue weighted by Gasteiger charge is 2.24. The van der Waals surface area contributed by atoms with Crippen LogP contribution in [0, 0.1) is 5.82 Å².